The zero-order chi connectivity index (χ0) is 14.9. The van der Waals surface area contributed by atoms with Crippen molar-refractivity contribution in [2.75, 3.05) is 26.2 Å². The first-order valence-electron chi connectivity index (χ1n) is 6.84. The summed E-state index contributed by atoms with van der Waals surface area (Å²) < 4.78 is 6.53. The van der Waals surface area contributed by atoms with Crippen LogP contribution in [-0.4, -0.2) is 48.6 Å². The predicted octanol–water partition coefficient (Wildman–Crippen LogP) is 1.11. The maximum atomic E-state index is 12.4. The molecule has 1 aromatic carbocycles. The average molecular weight is 354 g/mol. The Kier molecular flexibility index (Phi) is 3.86. The van der Waals surface area contributed by atoms with Gasteiger partial charge in [0.1, 0.15) is 17.9 Å². The van der Waals surface area contributed by atoms with Crippen LogP contribution >= 0.6 is 15.9 Å². The Hall–Kier alpha value is -1.60. The van der Waals surface area contributed by atoms with Gasteiger partial charge in [0.2, 0.25) is 0 Å². The summed E-state index contributed by atoms with van der Waals surface area (Å²) in [5.41, 5.74) is -0.741. The van der Waals surface area contributed by atoms with Crippen LogP contribution in [0.1, 0.15) is 6.42 Å². The van der Waals surface area contributed by atoms with Crippen LogP contribution in [0.4, 0.5) is 4.79 Å². The number of carbonyl (C=O) groups is 2. The highest BCUT2D eigenvalue weighted by atomic mass is 79.9. The zero-order valence-corrected chi connectivity index (χ0v) is 13.0. The maximum Gasteiger partial charge on any atom is 0.325 e. The highest BCUT2D eigenvalue weighted by molar-refractivity contribution is 9.10. The quantitative estimate of drug-likeness (QED) is 0.795. The first-order valence-corrected chi connectivity index (χ1v) is 7.63. The summed E-state index contributed by atoms with van der Waals surface area (Å²) in [5.74, 6) is 0.555. The molecule has 3 rings (SSSR count). The largest absolute Gasteiger partial charge is 0.492 e. The van der Waals surface area contributed by atoms with Gasteiger partial charge >= 0.3 is 6.03 Å². The van der Waals surface area contributed by atoms with Crippen LogP contribution in [0.15, 0.2) is 28.7 Å². The third-order valence-corrected chi connectivity index (χ3v) is 4.33. The van der Waals surface area contributed by atoms with Crippen LogP contribution in [0.5, 0.6) is 5.75 Å². The molecular weight excluding hydrogens is 338 g/mol. The minimum absolute atomic E-state index is 0.156. The summed E-state index contributed by atoms with van der Waals surface area (Å²) in [4.78, 5) is 25.5. The van der Waals surface area contributed by atoms with Gasteiger partial charge in [0.25, 0.3) is 5.91 Å². The van der Waals surface area contributed by atoms with Gasteiger partial charge in [-0.15, -0.1) is 0 Å². The minimum atomic E-state index is -0.741. The first kappa shape index (κ1) is 14.3. The van der Waals surface area contributed by atoms with Crippen molar-refractivity contribution in [3.8, 4) is 5.75 Å². The number of imide groups is 1. The molecule has 2 saturated heterocycles. The third-order valence-electron chi connectivity index (χ3n) is 3.80. The van der Waals surface area contributed by atoms with Crippen molar-refractivity contribution < 1.29 is 14.3 Å². The predicted molar refractivity (Wildman–Crippen MR) is 80.1 cm³/mol. The first-order chi connectivity index (χ1) is 10.1. The van der Waals surface area contributed by atoms with Crippen molar-refractivity contribution in [3.63, 3.8) is 0 Å². The summed E-state index contributed by atoms with van der Waals surface area (Å²) in [7, 11) is 0. The summed E-state index contributed by atoms with van der Waals surface area (Å²) in [5, 5.41) is 5.91. The van der Waals surface area contributed by atoms with E-state index in [1.165, 1.54) is 4.90 Å². The number of hydrogen-bond donors (Lipinski definition) is 2. The van der Waals surface area contributed by atoms with E-state index in [-0.39, 0.29) is 25.1 Å². The van der Waals surface area contributed by atoms with E-state index in [0.717, 1.165) is 11.0 Å². The highest BCUT2D eigenvalue weighted by Crippen LogP contribution is 2.24. The fraction of sp³-hybridized carbons (Fsp3) is 0.429. The van der Waals surface area contributed by atoms with E-state index in [9.17, 15) is 9.59 Å². The van der Waals surface area contributed by atoms with Crippen molar-refractivity contribution in [2.45, 2.75) is 12.0 Å². The SMILES string of the molecule is O=C1NC2(CCNC2)C(=O)N1CCOc1ccc(Br)cc1. The molecule has 2 aliphatic heterocycles. The summed E-state index contributed by atoms with van der Waals surface area (Å²) in [6.45, 7) is 1.78. The van der Waals surface area contributed by atoms with Gasteiger partial charge in [0.05, 0.1) is 6.54 Å². The summed E-state index contributed by atoms with van der Waals surface area (Å²) >= 11 is 3.35. The van der Waals surface area contributed by atoms with Gasteiger partial charge in [-0.05, 0) is 37.2 Å². The van der Waals surface area contributed by atoms with E-state index >= 15 is 0 Å². The minimum Gasteiger partial charge on any atom is -0.492 e. The van der Waals surface area contributed by atoms with Gasteiger partial charge < -0.3 is 15.4 Å². The standard InChI is InChI=1S/C14H16BrN3O3/c15-10-1-3-11(4-2-10)21-8-7-18-12(19)14(17-13(18)20)5-6-16-9-14/h1-4,16H,5-9H2,(H,17,20). The third kappa shape index (κ3) is 2.75. The lowest BCUT2D eigenvalue weighted by molar-refractivity contribution is -0.130. The van der Waals surface area contributed by atoms with Crippen molar-refractivity contribution >= 4 is 27.9 Å². The molecule has 2 N–H and O–H groups in total. The molecule has 112 valence electrons. The highest BCUT2D eigenvalue weighted by Gasteiger charge is 2.52. The van der Waals surface area contributed by atoms with Crippen LogP contribution in [0.25, 0.3) is 0 Å². The molecule has 3 amide bonds. The lowest BCUT2D eigenvalue weighted by atomic mass is 9.99. The van der Waals surface area contributed by atoms with Crippen LogP contribution < -0.4 is 15.4 Å². The molecule has 2 heterocycles. The molecule has 0 bridgehead atoms. The number of urea groups is 1. The molecule has 1 aromatic rings. The topological polar surface area (TPSA) is 70.7 Å². The van der Waals surface area contributed by atoms with Gasteiger partial charge in [-0.25, -0.2) is 4.79 Å². The van der Waals surface area contributed by atoms with Gasteiger partial charge in [-0.3, -0.25) is 9.69 Å². The Bertz CT molecular complexity index is 555. The van der Waals surface area contributed by atoms with Crippen LogP contribution in [-0.2, 0) is 4.79 Å². The maximum absolute atomic E-state index is 12.4. The molecule has 1 unspecified atom stereocenters. The Labute approximate surface area is 131 Å². The number of halogens is 1. The average Bonchev–Trinajstić information content (AvgIpc) is 3.02. The smallest absolute Gasteiger partial charge is 0.325 e. The molecule has 21 heavy (non-hydrogen) atoms. The Morgan fingerprint density at radius 3 is 2.71 bits per heavy atom. The summed E-state index contributed by atoms with van der Waals surface area (Å²) in [6.07, 6.45) is 0.641. The number of carbonyl (C=O) groups excluding carboxylic acids is 2. The molecule has 6 nitrogen and oxygen atoms in total. The normalized spacial score (nSPS) is 24.7. The second kappa shape index (κ2) is 5.65. The van der Waals surface area contributed by atoms with Crippen LogP contribution in [0, 0.1) is 0 Å². The number of ether oxygens (including phenoxy) is 1. The van der Waals surface area contributed by atoms with Crippen LogP contribution in [0.2, 0.25) is 0 Å². The van der Waals surface area contributed by atoms with Crippen molar-refractivity contribution in [3.05, 3.63) is 28.7 Å². The van der Waals surface area contributed by atoms with Gasteiger partial charge in [-0.1, -0.05) is 15.9 Å². The molecule has 2 fully saturated rings. The molecule has 0 saturated carbocycles. The molecule has 2 aliphatic rings. The van der Waals surface area contributed by atoms with Crippen molar-refractivity contribution in [1.29, 1.82) is 0 Å². The monoisotopic (exact) mass is 353 g/mol. The fourth-order valence-electron chi connectivity index (χ4n) is 2.65. The van der Waals surface area contributed by atoms with Gasteiger partial charge in [0, 0.05) is 11.0 Å². The van der Waals surface area contributed by atoms with E-state index in [0.29, 0.717) is 18.7 Å². The number of amides is 3. The number of hydrogen-bond acceptors (Lipinski definition) is 4. The second-order valence-electron chi connectivity index (χ2n) is 5.20. The second-order valence-corrected chi connectivity index (χ2v) is 6.11. The van der Waals surface area contributed by atoms with Crippen molar-refractivity contribution in [1.82, 2.24) is 15.5 Å². The van der Waals surface area contributed by atoms with E-state index < -0.39 is 5.54 Å². The lowest BCUT2D eigenvalue weighted by Crippen LogP contribution is -2.48. The molecule has 0 radical (unpaired) electrons. The molecule has 1 spiro atoms. The van der Waals surface area contributed by atoms with E-state index in [1.54, 1.807) is 0 Å². The molecule has 1 atom stereocenters. The molecule has 7 heteroatoms. The molecule has 0 aliphatic carbocycles. The molecule has 0 aromatic heterocycles. The number of benzene rings is 1. The van der Waals surface area contributed by atoms with Gasteiger partial charge in [0.15, 0.2) is 0 Å². The fourth-order valence-corrected chi connectivity index (χ4v) is 2.91. The van der Waals surface area contributed by atoms with E-state index in [2.05, 4.69) is 26.6 Å². The van der Waals surface area contributed by atoms with Gasteiger partial charge in [-0.2, -0.15) is 0 Å². The Balaban J connectivity index is 1.56. The number of rotatable bonds is 4. The summed E-state index contributed by atoms with van der Waals surface area (Å²) in [6, 6.07) is 7.09. The van der Waals surface area contributed by atoms with Crippen LogP contribution in [0.3, 0.4) is 0 Å². The lowest BCUT2D eigenvalue weighted by Gasteiger charge is -2.19. The van der Waals surface area contributed by atoms with Crippen molar-refractivity contribution in [2.24, 2.45) is 0 Å². The number of nitrogens with one attached hydrogen (secondary N) is 2. The number of nitrogens with zero attached hydrogens (tertiary/aromatic N) is 1. The zero-order valence-electron chi connectivity index (χ0n) is 11.4. The Morgan fingerprint density at radius 2 is 2.05 bits per heavy atom. The van der Waals surface area contributed by atoms with E-state index in [4.69, 9.17) is 4.74 Å². The Morgan fingerprint density at radius 1 is 1.29 bits per heavy atom. The van der Waals surface area contributed by atoms with E-state index in [1.807, 2.05) is 24.3 Å². The molecular formula is C14H16BrN3O3.